The van der Waals surface area contributed by atoms with Gasteiger partial charge in [0.2, 0.25) is 0 Å². The molecule has 0 aliphatic carbocycles. The van der Waals surface area contributed by atoms with Crippen molar-refractivity contribution >= 4 is 0 Å². The van der Waals surface area contributed by atoms with Gasteiger partial charge in [-0.3, -0.25) is 0 Å². The topological polar surface area (TPSA) is 40.5 Å². The molecule has 3 unspecified atom stereocenters. The van der Waals surface area contributed by atoms with Crippen molar-refractivity contribution in [1.82, 2.24) is 0 Å². The summed E-state index contributed by atoms with van der Waals surface area (Å²) < 4.78 is 0. The first-order chi connectivity index (χ1) is 5.13. The Morgan fingerprint density at radius 2 is 1.73 bits per heavy atom. The molecule has 2 heteroatoms. The summed E-state index contributed by atoms with van der Waals surface area (Å²) in [5.41, 5.74) is 0. The van der Waals surface area contributed by atoms with Crippen molar-refractivity contribution in [2.75, 3.05) is 0 Å². The maximum atomic E-state index is 9.47. The van der Waals surface area contributed by atoms with E-state index in [0.29, 0.717) is 6.42 Å². The quantitative estimate of drug-likeness (QED) is 0.640. The summed E-state index contributed by atoms with van der Waals surface area (Å²) in [5.74, 6) is 0.218. The van der Waals surface area contributed by atoms with Gasteiger partial charge in [0.15, 0.2) is 0 Å². The van der Waals surface area contributed by atoms with Crippen molar-refractivity contribution < 1.29 is 10.2 Å². The Labute approximate surface area is 69.2 Å². The molecule has 0 heterocycles. The lowest BCUT2D eigenvalue weighted by Gasteiger charge is -2.22. The Balaban J connectivity index is 3.70. The molecule has 0 amide bonds. The molecule has 11 heavy (non-hydrogen) atoms. The second kappa shape index (κ2) is 5.56. The average molecular weight is 160 g/mol. The lowest BCUT2D eigenvalue weighted by Crippen LogP contribution is -2.31. The molecule has 0 aromatic carbocycles. The highest BCUT2D eigenvalue weighted by Gasteiger charge is 2.20. The van der Waals surface area contributed by atoms with Crippen LogP contribution in [0.15, 0.2) is 0 Å². The average Bonchev–Trinajstić information content (AvgIpc) is 2.02. The number of hydrogen-bond acceptors (Lipinski definition) is 2. The summed E-state index contributed by atoms with van der Waals surface area (Å²) in [6.45, 7) is 5.95. The molecule has 0 aromatic heterocycles. The summed E-state index contributed by atoms with van der Waals surface area (Å²) in [6.07, 6.45) is 1.60. The van der Waals surface area contributed by atoms with Crippen LogP contribution in [-0.4, -0.2) is 22.4 Å². The van der Waals surface area contributed by atoms with Crippen LogP contribution in [0.5, 0.6) is 0 Å². The zero-order chi connectivity index (χ0) is 8.85. The minimum absolute atomic E-state index is 0.218. The molecule has 68 valence electrons. The predicted octanol–water partition coefficient (Wildman–Crippen LogP) is 1.55. The first-order valence-electron chi connectivity index (χ1n) is 4.49. The van der Waals surface area contributed by atoms with Gasteiger partial charge >= 0.3 is 0 Å². The molecule has 0 saturated heterocycles. The van der Waals surface area contributed by atoms with Crippen molar-refractivity contribution in [3.8, 4) is 0 Å². The van der Waals surface area contributed by atoms with Gasteiger partial charge in [0.05, 0.1) is 12.2 Å². The van der Waals surface area contributed by atoms with Gasteiger partial charge in [-0.15, -0.1) is 0 Å². The highest BCUT2D eigenvalue weighted by molar-refractivity contribution is 4.71. The van der Waals surface area contributed by atoms with Crippen molar-refractivity contribution in [2.24, 2.45) is 5.92 Å². The lowest BCUT2D eigenvalue weighted by molar-refractivity contribution is -0.0162. The molecular formula is C9H20O2. The largest absolute Gasteiger partial charge is 0.390 e. The lowest BCUT2D eigenvalue weighted by atomic mass is 9.94. The second-order valence-electron chi connectivity index (χ2n) is 3.23. The number of aliphatic hydroxyl groups excluding tert-OH is 2. The van der Waals surface area contributed by atoms with E-state index in [-0.39, 0.29) is 5.92 Å². The van der Waals surface area contributed by atoms with E-state index < -0.39 is 12.2 Å². The van der Waals surface area contributed by atoms with E-state index in [2.05, 4.69) is 6.92 Å². The fourth-order valence-electron chi connectivity index (χ4n) is 1.25. The Morgan fingerprint density at radius 1 is 1.18 bits per heavy atom. The molecule has 3 atom stereocenters. The number of aliphatic hydroxyl groups is 2. The van der Waals surface area contributed by atoms with Gasteiger partial charge in [-0.05, 0) is 18.8 Å². The van der Waals surface area contributed by atoms with Crippen LogP contribution in [0.3, 0.4) is 0 Å². The van der Waals surface area contributed by atoms with Crippen molar-refractivity contribution in [3.05, 3.63) is 0 Å². The Morgan fingerprint density at radius 3 is 2.09 bits per heavy atom. The standard InChI is InChI=1S/C9H20O2/c1-4-6-7(3)9(11)8(10)5-2/h7-11H,4-6H2,1-3H3. The minimum atomic E-state index is -0.545. The Bertz CT molecular complexity index is 93.6. The van der Waals surface area contributed by atoms with Crippen LogP contribution in [0.1, 0.15) is 40.0 Å². The summed E-state index contributed by atoms with van der Waals surface area (Å²) in [4.78, 5) is 0. The zero-order valence-corrected chi connectivity index (χ0v) is 7.75. The van der Waals surface area contributed by atoms with E-state index in [9.17, 15) is 10.2 Å². The van der Waals surface area contributed by atoms with Gasteiger partial charge in [0.1, 0.15) is 0 Å². The number of hydrogen-bond donors (Lipinski definition) is 2. The molecule has 0 aromatic rings. The smallest absolute Gasteiger partial charge is 0.0824 e. The highest BCUT2D eigenvalue weighted by Crippen LogP contribution is 2.14. The molecule has 0 saturated carbocycles. The van der Waals surface area contributed by atoms with E-state index >= 15 is 0 Å². The van der Waals surface area contributed by atoms with E-state index in [1.165, 1.54) is 0 Å². The van der Waals surface area contributed by atoms with E-state index in [1.807, 2.05) is 13.8 Å². The van der Waals surface area contributed by atoms with Crippen LogP contribution in [0.4, 0.5) is 0 Å². The summed E-state index contributed by atoms with van der Waals surface area (Å²) in [7, 11) is 0. The third-order valence-electron chi connectivity index (χ3n) is 2.14. The monoisotopic (exact) mass is 160 g/mol. The Kier molecular flexibility index (Phi) is 5.51. The van der Waals surface area contributed by atoms with Gasteiger partial charge in [0.25, 0.3) is 0 Å². The van der Waals surface area contributed by atoms with E-state index in [4.69, 9.17) is 0 Å². The molecule has 2 N–H and O–H groups in total. The van der Waals surface area contributed by atoms with Gasteiger partial charge in [-0.2, -0.15) is 0 Å². The summed E-state index contributed by atoms with van der Waals surface area (Å²) in [6, 6.07) is 0. The fraction of sp³-hybridized carbons (Fsp3) is 1.00. The molecule has 0 rings (SSSR count). The molecule has 0 radical (unpaired) electrons. The molecule has 0 spiro atoms. The first kappa shape index (κ1) is 10.9. The molecule has 0 aliphatic heterocycles. The maximum Gasteiger partial charge on any atom is 0.0824 e. The molecular weight excluding hydrogens is 140 g/mol. The van der Waals surface area contributed by atoms with Gasteiger partial charge in [-0.25, -0.2) is 0 Å². The zero-order valence-electron chi connectivity index (χ0n) is 7.75. The molecule has 0 fully saturated rings. The maximum absolute atomic E-state index is 9.47. The van der Waals surface area contributed by atoms with Gasteiger partial charge in [-0.1, -0.05) is 27.2 Å². The van der Waals surface area contributed by atoms with Crippen molar-refractivity contribution in [2.45, 2.75) is 52.2 Å². The fourth-order valence-corrected chi connectivity index (χ4v) is 1.25. The molecule has 0 aliphatic rings. The Hall–Kier alpha value is -0.0800. The van der Waals surface area contributed by atoms with Crippen LogP contribution >= 0.6 is 0 Å². The third-order valence-corrected chi connectivity index (χ3v) is 2.14. The van der Waals surface area contributed by atoms with E-state index in [0.717, 1.165) is 12.8 Å². The third kappa shape index (κ3) is 3.73. The summed E-state index contributed by atoms with van der Waals surface area (Å²) in [5, 5.41) is 18.7. The van der Waals surface area contributed by atoms with Crippen LogP contribution in [0.2, 0.25) is 0 Å². The second-order valence-corrected chi connectivity index (χ2v) is 3.23. The van der Waals surface area contributed by atoms with Crippen molar-refractivity contribution in [3.63, 3.8) is 0 Å². The van der Waals surface area contributed by atoms with Crippen LogP contribution < -0.4 is 0 Å². The van der Waals surface area contributed by atoms with Crippen LogP contribution in [0, 0.1) is 5.92 Å². The van der Waals surface area contributed by atoms with Crippen LogP contribution in [-0.2, 0) is 0 Å². The van der Waals surface area contributed by atoms with Gasteiger partial charge in [0, 0.05) is 0 Å². The molecule has 2 nitrogen and oxygen atoms in total. The molecule has 0 bridgehead atoms. The SMILES string of the molecule is CCCC(C)C(O)C(O)CC. The predicted molar refractivity (Wildman–Crippen MR) is 46.4 cm³/mol. The minimum Gasteiger partial charge on any atom is -0.390 e. The first-order valence-corrected chi connectivity index (χ1v) is 4.49. The van der Waals surface area contributed by atoms with Gasteiger partial charge < -0.3 is 10.2 Å². The van der Waals surface area contributed by atoms with Crippen molar-refractivity contribution in [1.29, 1.82) is 0 Å². The van der Waals surface area contributed by atoms with E-state index in [1.54, 1.807) is 0 Å². The summed E-state index contributed by atoms with van der Waals surface area (Å²) >= 11 is 0. The number of rotatable bonds is 5. The normalized spacial score (nSPS) is 19.4. The highest BCUT2D eigenvalue weighted by atomic mass is 16.3. The van der Waals surface area contributed by atoms with Crippen LogP contribution in [0.25, 0.3) is 0 Å².